The lowest BCUT2D eigenvalue weighted by Gasteiger charge is -2.11. The van der Waals surface area contributed by atoms with Crippen molar-refractivity contribution < 1.29 is 14.3 Å². The summed E-state index contributed by atoms with van der Waals surface area (Å²) in [5.74, 6) is 1.73. The number of amides is 1. The van der Waals surface area contributed by atoms with E-state index in [4.69, 9.17) is 9.47 Å². The maximum absolute atomic E-state index is 12.6. The van der Waals surface area contributed by atoms with Crippen molar-refractivity contribution in [3.05, 3.63) is 72.2 Å². The van der Waals surface area contributed by atoms with Crippen LogP contribution in [0.25, 0.3) is 0 Å². The number of rotatable bonds is 9. The molecule has 0 aliphatic carbocycles. The summed E-state index contributed by atoms with van der Waals surface area (Å²) in [4.78, 5) is 20.8. The van der Waals surface area contributed by atoms with Crippen LogP contribution in [0.3, 0.4) is 0 Å². The molecule has 0 unspecified atom stereocenters. The van der Waals surface area contributed by atoms with Gasteiger partial charge in [-0.1, -0.05) is 24.3 Å². The summed E-state index contributed by atoms with van der Waals surface area (Å²) in [5, 5.41) is 6.06. The number of aromatic nitrogens is 2. The van der Waals surface area contributed by atoms with Gasteiger partial charge in [-0.25, -0.2) is 9.97 Å². The van der Waals surface area contributed by atoms with Gasteiger partial charge in [-0.05, 0) is 43.2 Å². The van der Waals surface area contributed by atoms with Crippen LogP contribution < -0.4 is 20.1 Å². The van der Waals surface area contributed by atoms with E-state index >= 15 is 0 Å². The molecule has 0 bridgehead atoms. The highest BCUT2D eigenvalue weighted by Crippen LogP contribution is 2.24. The Morgan fingerprint density at radius 1 is 1.07 bits per heavy atom. The molecule has 1 aromatic heterocycles. The van der Waals surface area contributed by atoms with E-state index < -0.39 is 0 Å². The lowest BCUT2D eigenvalue weighted by atomic mass is 10.1. The third kappa shape index (κ3) is 5.68. The van der Waals surface area contributed by atoms with Gasteiger partial charge in [0.05, 0.1) is 19.4 Å². The first-order valence-electron chi connectivity index (χ1n) is 9.41. The number of anilines is 2. The molecule has 0 saturated heterocycles. The molecule has 0 spiro atoms. The molecule has 0 aliphatic rings. The van der Waals surface area contributed by atoms with Crippen LogP contribution in [0.15, 0.2) is 60.9 Å². The summed E-state index contributed by atoms with van der Waals surface area (Å²) in [6, 6.07) is 16.8. The molecule has 2 aromatic carbocycles. The highest BCUT2D eigenvalue weighted by Gasteiger charge is 2.12. The number of ether oxygens (including phenoxy) is 2. The van der Waals surface area contributed by atoms with Crippen molar-refractivity contribution in [3.63, 3.8) is 0 Å². The Bertz CT molecular complexity index is 945. The van der Waals surface area contributed by atoms with Crippen LogP contribution in [0.5, 0.6) is 11.5 Å². The number of nitrogens with one attached hydrogen (secondary N) is 2. The molecule has 0 saturated carbocycles. The number of benzene rings is 2. The topological polar surface area (TPSA) is 85.4 Å². The first kappa shape index (κ1) is 20.1. The zero-order valence-corrected chi connectivity index (χ0v) is 16.5. The highest BCUT2D eigenvalue weighted by atomic mass is 16.5. The van der Waals surface area contributed by atoms with Crippen LogP contribution in [0.4, 0.5) is 11.5 Å². The average molecular weight is 392 g/mol. The Hall–Kier alpha value is -3.61. The molecule has 7 heteroatoms. The Morgan fingerprint density at radius 2 is 1.86 bits per heavy atom. The van der Waals surface area contributed by atoms with Crippen molar-refractivity contribution in [2.45, 2.75) is 13.3 Å². The number of carbonyl (C=O) groups is 1. The smallest absolute Gasteiger partial charge is 0.274 e. The largest absolute Gasteiger partial charge is 0.497 e. The van der Waals surface area contributed by atoms with Gasteiger partial charge in [0.1, 0.15) is 29.3 Å². The summed E-state index contributed by atoms with van der Waals surface area (Å²) >= 11 is 0. The van der Waals surface area contributed by atoms with Gasteiger partial charge in [-0.3, -0.25) is 4.79 Å². The summed E-state index contributed by atoms with van der Waals surface area (Å²) in [7, 11) is 1.65. The van der Waals surface area contributed by atoms with E-state index in [0.717, 1.165) is 12.2 Å². The lowest BCUT2D eigenvalue weighted by Crippen LogP contribution is -2.16. The van der Waals surface area contributed by atoms with Crippen molar-refractivity contribution in [2.24, 2.45) is 0 Å². The van der Waals surface area contributed by atoms with Gasteiger partial charge >= 0.3 is 0 Å². The van der Waals surface area contributed by atoms with Crippen LogP contribution >= 0.6 is 0 Å². The molecule has 29 heavy (non-hydrogen) atoms. The van der Waals surface area contributed by atoms with Crippen LogP contribution in [0.2, 0.25) is 0 Å². The van der Waals surface area contributed by atoms with Gasteiger partial charge in [0.25, 0.3) is 5.91 Å². The minimum atomic E-state index is -0.322. The Labute approximate surface area is 170 Å². The number of para-hydroxylation sites is 2. The van der Waals surface area contributed by atoms with E-state index in [2.05, 4.69) is 20.6 Å². The van der Waals surface area contributed by atoms with Crippen molar-refractivity contribution in [2.75, 3.05) is 30.9 Å². The fourth-order valence-corrected chi connectivity index (χ4v) is 2.74. The van der Waals surface area contributed by atoms with E-state index in [1.165, 1.54) is 11.9 Å². The number of nitrogens with zero attached hydrogens (tertiary/aromatic N) is 2. The molecule has 3 aromatic rings. The molecule has 0 atom stereocenters. The molecule has 150 valence electrons. The Balaban J connectivity index is 1.59. The molecule has 0 fully saturated rings. The van der Waals surface area contributed by atoms with Gasteiger partial charge in [-0.2, -0.15) is 0 Å². The van der Waals surface area contributed by atoms with Crippen LogP contribution in [0.1, 0.15) is 23.0 Å². The Morgan fingerprint density at radius 3 is 2.62 bits per heavy atom. The SMILES string of the molecule is CCOc1ccccc1NC(=O)c1cc(NCCc2ccc(OC)cc2)ncn1. The lowest BCUT2D eigenvalue weighted by molar-refractivity contribution is 0.102. The number of hydrogen-bond acceptors (Lipinski definition) is 6. The van der Waals surface area contributed by atoms with Crippen molar-refractivity contribution >= 4 is 17.4 Å². The molecule has 1 amide bonds. The first-order chi connectivity index (χ1) is 14.2. The second-order valence-corrected chi connectivity index (χ2v) is 6.20. The number of carbonyl (C=O) groups excluding carboxylic acids is 1. The van der Waals surface area contributed by atoms with Gasteiger partial charge in [-0.15, -0.1) is 0 Å². The summed E-state index contributed by atoms with van der Waals surface area (Å²) in [5.41, 5.74) is 2.06. The van der Waals surface area contributed by atoms with E-state index in [0.29, 0.717) is 30.4 Å². The maximum Gasteiger partial charge on any atom is 0.274 e. The minimum Gasteiger partial charge on any atom is -0.497 e. The van der Waals surface area contributed by atoms with Crippen LogP contribution in [-0.4, -0.2) is 36.1 Å². The van der Waals surface area contributed by atoms with Crippen molar-refractivity contribution in [3.8, 4) is 11.5 Å². The first-order valence-corrected chi connectivity index (χ1v) is 9.41. The summed E-state index contributed by atoms with van der Waals surface area (Å²) in [6.45, 7) is 3.09. The van der Waals surface area contributed by atoms with Gasteiger partial charge < -0.3 is 20.1 Å². The van der Waals surface area contributed by atoms with Crippen LogP contribution in [-0.2, 0) is 6.42 Å². The average Bonchev–Trinajstić information content (AvgIpc) is 2.76. The zero-order valence-electron chi connectivity index (χ0n) is 16.5. The molecule has 0 aliphatic heterocycles. The number of hydrogen-bond donors (Lipinski definition) is 2. The van der Waals surface area contributed by atoms with E-state index in [1.807, 2.05) is 49.4 Å². The highest BCUT2D eigenvalue weighted by molar-refractivity contribution is 6.04. The summed E-state index contributed by atoms with van der Waals surface area (Å²) < 4.78 is 10.7. The normalized spacial score (nSPS) is 10.3. The van der Waals surface area contributed by atoms with Crippen molar-refractivity contribution in [1.82, 2.24) is 9.97 Å². The monoisotopic (exact) mass is 392 g/mol. The molecule has 2 N–H and O–H groups in total. The standard InChI is InChI=1S/C22H24N4O3/c1-3-29-20-7-5-4-6-18(20)26-22(27)19-14-21(25-15-24-19)23-13-12-16-8-10-17(28-2)11-9-16/h4-11,14-15H,3,12-13H2,1-2H3,(H,26,27)(H,23,24,25). The summed E-state index contributed by atoms with van der Waals surface area (Å²) in [6.07, 6.45) is 2.19. The number of methoxy groups -OCH3 is 1. The fourth-order valence-electron chi connectivity index (χ4n) is 2.74. The second-order valence-electron chi connectivity index (χ2n) is 6.20. The van der Waals surface area contributed by atoms with E-state index in [-0.39, 0.29) is 11.6 Å². The molecule has 7 nitrogen and oxygen atoms in total. The third-order valence-corrected chi connectivity index (χ3v) is 4.21. The quantitative estimate of drug-likeness (QED) is 0.576. The van der Waals surface area contributed by atoms with Gasteiger partial charge in [0.2, 0.25) is 0 Å². The van der Waals surface area contributed by atoms with Crippen LogP contribution in [0, 0.1) is 0 Å². The Kier molecular flexibility index (Phi) is 7.00. The van der Waals surface area contributed by atoms with Gasteiger partial charge in [0, 0.05) is 12.6 Å². The third-order valence-electron chi connectivity index (χ3n) is 4.21. The molecule has 0 radical (unpaired) electrons. The van der Waals surface area contributed by atoms with Crippen molar-refractivity contribution in [1.29, 1.82) is 0 Å². The predicted molar refractivity (Wildman–Crippen MR) is 113 cm³/mol. The molecule has 1 heterocycles. The second kappa shape index (κ2) is 10.1. The maximum atomic E-state index is 12.6. The van der Waals surface area contributed by atoms with E-state index in [9.17, 15) is 4.79 Å². The predicted octanol–water partition coefficient (Wildman–Crippen LogP) is 3.79. The molecule has 3 rings (SSSR count). The minimum absolute atomic E-state index is 0.276. The van der Waals surface area contributed by atoms with E-state index in [1.54, 1.807) is 19.2 Å². The zero-order chi connectivity index (χ0) is 20.5. The molecular formula is C22H24N4O3. The fraction of sp³-hybridized carbons (Fsp3) is 0.227. The van der Waals surface area contributed by atoms with Gasteiger partial charge in [0.15, 0.2) is 0 Å². The molecular weight excluding hydrogens is 368 g/mol.